The van der Waals surface area contributed by atoms with Gasteiger partial charge >= 0.3 is 12.5 Å². The molecule has 2 aliphatic carbocycles. The number of benzene rings is 3. The monoisotopic (exact) mass is 635 g/mol. The summed E-state index contributed by atoms with van der Waals surface area (Å²) in [5.74, 6) is -9.12. The summed E-state index contributed by atoms with van der Waals surface area (Å²) < 4.78 is 129. The maximum Gasteiger partial charge on any atom is 0.573 e. The van der Waals surface area contributed by atoms with E-state index in [2.05, 4.69) is 4.74 Å². The second-order valence-corrected chi connectivity index (χ2v) is 9.40. The van der Waals surface area contributed by atoms with E-state index in [1.54, 1.807) is 12.1 Å². The van der Waals surface area contributed by atoms with Gasteiger partial charge in [0.2, 0.25) is 11.6 Å². The molecule has 6 nitrogen and oxygen atoms in total. The minimum atomic E-state index is -5.73. The third-order valence-electron chi connectivity index (χ3n) is 7.04. The van der Waals surface area contributed by atoms with Gasteiger partial charge in [-0.25, -0.2) is 8.78 Å². The number of nitrogens with zero attached hydrogens (tertiary/aromatic N) is 5. The molecule has 0 radical (unpaired) electrons. The molecule has 3 aromatic rings. The van der Waals surface area contributed by atoms with Crippen molar-refractivity contribution in [2.24, 2.45) is 0 Å². The number of nitriles is 5. The van der Waals surface area contributed by atoms with Crippen molar-refractivity contribution in [3.05, 3.63) is 98.4 Å². The Morgan fingerprint density at radius 2 is 1.15 bits per heavy atom. The number of rotatable bonds is 2. The van der Waals surface area contributed by atoms with E-state index in [9.17, 15) is 57.0 Å². The zero-order valence-electron chi connectivity index (χ0n) is 22.0. The number of halogens is 9. The van der Waals surface area contributed by atoms with Gasteiger partial charge in [-0.1, -0.05) is 18.2 Å². The average molecular weight is 635 g/mol. The van der Waals surface area contributed by atoms with Gasteiger partial charge < -0.3 is 4.74 Å². The third-order valence-corrected chi connectivity index (χ3v) is 7.04. The Morgan fingerprint density at radius 1 is 0.609 bits per heavy atom. The van der Waals surface area contributed by atoms with Gasteiger partial charge in [0.25, 0.3) is 0 Å². The van der Waals surface area contributed by atoms with Crippen molar-refractivity contribution in [3.8, 4) is 47.2 Å². The first kappa shape index (κ1) is 30.9. The fraction of sp³-hybridized carbons (Fsp3) is 0.0645. The lowest BCUT2D eigenvalue weighted by molar-refractivity contribution is -0.276. The standard InChI is InChI=1S/C31H6F9N5O/c32-26-24-20(11-45)22(23(14(9-43)10-44)25(24)27(33)29(28(26)34)46-31(38,39)40)12-1-3-16-17-4-2-15(30(35,36)37)6-19(17)21(18(16)5-12)13(7-41)8-42/h1-6H. The Balaban J connectivity index is 1.87. The summed E-state index contributed by atoms with van der Waals surface area (Å²) >= 11 is 0. The van der Waals surface area contributed by atoms with Crippen molar-refractivity contribution in [3.63, 3.8) is 0 Å². The highest BCUT2D eigenvalue weighted by atomic mass is 19.4. The molecular weight excluding hydrogens is 629 g/mol. The Bertz CT molecular complexity index is 2210. The molecule has 0 atom stereocenters. The molecule has 15 heteroatoms. The number of hydrogen-bond donors (Lipinski definition) is 0. The summed E-state index contributed by atoms with van der Waals surface area (Å²) in [7, 11) is 0. The average Bonchev–Trinajstić information content (AvgIpc) is 3.51. The lowest BCUT2D eigenvalue weighted by Crippen LogP contribution is -2.20. The largest absolute Gasteiger partial charge is 0.573 e. The Kier molecular flexibility index (Phi) is 7.12. The predicted molar refractivity (Wildman–Crippen MR) is 138 cm³/mol. The first-order valence-corrected chi connectivity index (χ1v) is 12.2. The molecular formula is C31H6F9N5O. The molecule has 0 bridgehead atoms. The minimum absolute atomic E-state index is 0.0892. The van der Waals surface area contributed by atoms with Crippen LogP contribution in [-0.4, -0.2) is 6.36 Å². The lowest BCUT2D eigenvalue weighted by Gasteiger charge is -2.15. The molecule has 0 amide bonds. The van der Waals surface area contributed by atoms with Crippen LogP contribution in [0.2, 0.25) is 0 Å². The van der Waals surface area contributed by atoms with Gasteiger partial charge in [0.05, 0.1) is 11.1 Å². The van der Waals surface area contributed by atoms with Gasteiger partial charge in [0, 0.05) is 27.8 Å². The van der Waals surface area contributed by atoms with Crippen molar-refractivity contribution < 1.29 is 44.3 Å². The van der Waals surface area contributed by atoms with E-state index in [1.807, 2.05) is 0 Å². The molecule has 46 heavy (non-hydrogen) atoms. The van der Waals surface area contributed by atoms with E-state index in [0.717, 1.165) is 24.3 Å². The highest BCUT2D eigenvalue weighted by Crippen LogP contribution is 2.54. The Hall–Kier alpha value is -6.50. The molecule has 0 aromatic heterocycles. The smallest absolute Gasteiger partial charge is 0.399 e. The second-order valence-electron chi connectivity index (χ2n) is 9.40. The van der Waals surface area contributed by atoms with Crippen molar-refractivity contribution in [2.75, 3.05) is 0 Å². The fourth-order valence-corrected chi connectivity index (χ4v) is 5.33. The molecule has 0 saturated heterocycles. The summed E-state index contributed by atoms with van der Waals surface area (Å²) in [4.78, 5) is 0. The van der Waals surface area contributed by atoms with E-state index in [0.29, 0.717) is 6.07 Å². The molecule has 0 unspecified atom stereocenters. The number of alkyl halides is 6. The summed E-state index contributed by atoms with van der Waals surface area (Å²) in [5, 5.41) is 48.5. The van der Waals surface area contributed by atoms with Gasteiger partial charge in [-0.15, -0.1) is 13.2 Å². The maximum absolute atomic E-state index is 15.6. The molecule has 5 rings (SSSR count). The first-order chi connectivity index (χ1) is 21.6. The molecule has 0 saturated carbocycles. The number of hydrogen-bond acceptors (Lipinski definition) is 6. The van der Waals surface area contributed by atoms with Crippen LogP contribution < -0.4 is 4.74 Å². The van der Waals surface area contributed by atoms with E-state index in [1.165, 1.54) is 24.3 Å². The third kappa shape index (κ3) is 4.57. The molecule has 3 aromatic carbocycles. The van der Waals surface area contributed by atoms with Crippen molar-refractivity contribution in [1.29, 1.82) is 26.3 Å². The van der Waals surface area contributed by atoms with Gasteiger partial charge in [0.1, 0.15) is 41.5 Å². The minimum Gasteiger partial charge on any atom is -0.399 e. The summed E-state index contributed by atoms with van der Waals surface area (Å²) in [6, 6.07) is 13.3. The fourth-order valence-electron chi connectivity index (χ4n) is 5.33. The summed E-state index contributed by atoms with van der Waals surface area (Å²) in [6.07, 6.45) is -10.6. The molecule has 0 N–H and O–H groups in total. The summed E-state index contributed by atoms with van der Waals surface area (Å²) in [6.45, 7) is 0. The SMILES string of the molecule is N#CC(C#N)=C1c2cc(C3=C(C#N)c4c(F)c(F)c(OC(F)(F)F)c(F)c4C3=C(C#N)C#N)ccc2-c2ccc(C(F)(F)F)cc21. The quantitative estimate of drug-likeness (QED) is 0.124. The molecule has 0 heterocycles. The second kappa shape index (κ2) is 10.6. The van der Waals surface area contributed by atoms with Crippen LogP contribution in [0, 0.1) is 74.1 Å². The van der Waals surface area contributed by atoms with Crippen molar-refractivity contribution in [1.82, 2.24) is 0 Å². The van der Waals surface area contributed by atoms with Crippen LogP contribution in [-0.2, 0) is 6.18 Å². The van der Waals surface area contributed by atoms with Crippen molar-refractivity contribution >= 4 is 22.3 Å². The summed E-state index contributed by atoms with van der Waals surface area (Å²) in [5.41, 5.74) is -8.39. The number of fused-ring (bicyclic) bond motifs is 4. The molecule has 2 aliphatic rings. The van der Waals surface area contributed by atoms with Gasteiger partial charge in [-0.2, -0.15) is 43.9 Å². The lowest BCUT2D eigenvalue weighted by atomic mass is 9.89. The van der Waals surface area contributed by atoms with E-state index < -0.39 is 80.3 Å². The van der Waals surface area contributed by atoms with Crippen LogP contribution in [0.25, 0.3) is 33.4 Å². The highest BCUT2D eigenvalue weighted by Gasteiger charge is 2.43. The van der Waals surface area contributed by atoms with Crippen LogP contribution in [0.1, 0.15) is 33.4 Å². The van der Waals surface area contributed by atoms with Crippen LogP contribution >= 0.6 is 0 Å². The first-order valence-electron chi connectivity index (χ1n) is 12.2. The van der Waals surface area contributed by atoms with Crippen LogP contribution in [0.4, 0.5) is 39.5 Å². The molecule has 0 fully saturated rings. The molecule has 224 valence electrons. The molecule has 0 spiro atoms. The maximum atomic E-state index is 15.6. The zero-order valence-corrected chi connectivity index (χ0v) is 22.0. The Morgan fingerprint density at radius 3 is 1.67 bits per heavy atom. The van der Waals surface area contributed by atoms with Gasteiger partial charge in [0.15, 0.2) is 11.6 Å². The van der Waals surface area contributed by atoms with Crippen LogP contribution in [0.15, 0.2) is 47.5 Å². The van der Waals surface area contributed by atoms with E-state index in [-0.39, 0.29) is 33.4 Å². The van der Waals surface area contributed by atoms with Gasteiger partial charge in [-0.3, -0.25) is 0 Å². The molecule has 0 aliphatic heterocycles. The van der Waals surface area contributed by atoms with Crippen LogP contribution in [0.5, 0.6) is 5.75 Å². The highest BCUT2D eigenvalue weighted by molar-refractivity contribution is 6.26. The normalized spacial score (nSPS) is 13.0. The number of ether oxygens (including phenoxy) is 1. The zero-order chi connectivity index (χ0) is 33.9. The van der Waals surface area contributed by atoms with Gasteiger partial charge in [-0.05, 0) is 46.0 Å². The predicted octanol–water partition coefficient (Wildman–Crippen LogP) is 8.10. The number of allylic oxidation sites excluding steroid dienone is 5. The topological polar surface area (TPSA) is 128 Å². The van der Waals surface area contributed by atoms with Crippen LogP contribution in [0.3, 0.4) is 0 Å². The Labute approximate surface area is 251 Å². The van der Waals surface area contributed by atoms with Crippen molar-refractivity contribution in [2.45, 2.75) is 12.5 Å². The van der Waals surface area contributed by atoms with E-state index >= 15 is 8.78 Å². The van der Waals surface area contributed by atoms with E-state index in [4.69, 9.17) is 0 Å².